The number of rotatable bonds is 8. The molecule has 0 aliphatic carbocycles. The maximum Gasteiger partial charge on any atom is 0.0766 e. The number of aryl methyl sites for hydroxylation is 2. The topological polar surface area (TPSA) is 29.9 Å². The highest BCUT2D eigenvalue weighted by atomic mass is 79.9. The third-order valence-corrected chi connectivity index (χ3v) is 4.34. The minimum Gasteiger partial charge on any atom is -0.315 e. The van der Waals surface area contributed by atoms with Crippen molar-refractivity contribution in [1.29, 1.82) is 0 Å². The van der Waals surface area contributed by atoms with Gasteiger partial charge in [-0.15, -0.1) is 0 Å². The van der Waals surface area contributed by atoms with Crippen LogP contribution in [0.3, 0.4) is 0 Å². The van der Waals surface area contributed by atoms with E-state index in [4.69, 9.17) is 0 Å². The molecule has 1 atom stereocenters. The maximum atomic E-state index is 4.66. The minimum atomic E-state index is 0.576. The average molecular weight is 330 g/mol. The Labute approximate surface area is 126 Å². The van der Waals surface area contributed by atoms with Crippen LogP contribution in [0.1, 0.15) is 52.4 Å². The van der Waals surface area contributed by atoms with E-state index >= 15 is 0 Å². The van der Waals surface area contributed by atoms with Crippen LogP contribution in [0, 0.1) is 5.92 Å². The summed E-state index contributed by atoms with van der Waals surface area (Å²) in [5.41, 5.74) is 2.54. The smallest absolute Gasteiger partial charge is 0.0766 e. The summed E-state index contributed by atoms with van der Waals surface area (Å²) in [5, 5.41) is 8.15. The van der Waals surface area contributed by atoms with Crippen molar-refractivity contribution >= 4 is 15.9 Å². The van der Waals surface area contributed by atoms with E-state index < -0.39 is 0 Å². The van der Waals surface area contributed by atoms with Crippen molar-refractivity contribution in [3.05, 3.63) is 15.9 Å². The summed E-state index contributed by atoms with van der Waals surface area (Å²) in [6.07, 6.45) is 3.30. The Balaban J connectivity index is 2.62. The monoisotopic (exact) mass is 329 g/mol. The molecule has 0 aliphatic rings. The summed E-state index contributed by atoms with van der Waals surface area (Å²) in [6.45, 7) is 13.1. The number of hydrogen-bond donors (Lipinski definition) is 1. The van der Waals surface area contributed by atoms with E-state index in [1.54, 1.807) is 0 Å². The third kappa shape index (κ3) is 4.92. The predicted octanol–water partition coefficient (Wildman–Crippen LogP) is 3.79. The Hall–Kier alpha value is -0.350. The molecule has 0 radical (unpaired) electrons. The van der Waals surface area contributed by atoms with Crippen molar-refractivity contribution in [2.24, 2.45) is 5.92 Å². The average Bonchev–Trinajstić information content (AvgIpc) is 2.66. The molecule has 0 aliphatic heterocycles. The van der Waals surface area contributed by atoms with Crippen molar-refractivity contribution in [3.8, 4) is 0 Å². The molecule has 110 valence electrons. The van der Waals surface area contributed by atoms with Gasteiger partial charge in [0, 0.05) is 12.6 Å². The van der Waals surface area contributed by atoms with E-state index in [-0.39, 0.29) is 0 Å². The van der Waals surface area contributed by atoms with Crippen LogP contribution in [-0.2, 0) is 19.4 Å². The van der Waals surface area contributed by atoms with Gasteiger partial charge in [0.05, 0.1) is 15.9 Å². The van der Waals surface area contributed by atoms with Gasteiger partial charge < -0.3 is 5.32 Å². The molecule has 0 saturated carbocycles. The zero-order valence-corrected chi connectivity index (χ0v) is 14.5. The maximum absolute atomic E-state index is 4.66. The first-order valence-corrected chi connectivity index (χ1v) is 8.26. The minimum absolute atomic E-state index is 0.576. The standard InChI is InChI=1S/C15H28BrN3/c1-6-13-15(16)14(19(7-2)18-13)10-12(5)8-9-17-11(3)4/h11-12,17H,6-10H2,1-5H3. The Kier molecular flexibility index (Phi) is 7.08. The van der Waals surface area contributed by atoms with E-state index in [1.807, 2.05) is 0 Å². The van der Waals surface area contributed by atoms with E-state index in [0.717, 1.165) is 25.9 Å². The molecule has 0 saturated heterocycles. The van der Waals surface area contributed by atoms with Crippen molar-refractivity contribution in [2.45, 2.75) is 66.5 Å². The molecule has 1 heterocycles. The molecule has 0 amide bonds. The summed E-state index contributed by atoms with van der Waals surface area (Å²) < 4.78 is 3.37. The number of aromatic nitrogens is 2. The molecule has 1 aromatic heterocycles. The second-order valence-electron chi connectivity index (χ2n) is 5.58. The summed E-state index contributed by atoms with van der Waals surface area (Å²) in [5.74, 6) is 0.675. The number of nitrogens with one attached hydrogen (secondary N) is 1. The molecule has 0 fully saturated rings. The van der Waals surface area contributed by atoms with E-state index in [9.17, 15) is 0 Å². The van der Waals surface area contributed by atoms with Gasteiger partial charge in [-0.1, -0.05) is 27.7 Å². The first-order valence-electron chi connectivity index (χ1n) is 7.46. The highest BCUT2D eigenvalue weighted by Crippen LogP contribution is 2.25. The molecule has 19 heavy (non-hydrogen) atoms. The van der Waals surface area contributed by atoms with E-state index in [1.165, 1.54) is 22.3 Å². The van der Waals surface area contributed by atoms with Gasteiger partial charge in [-0.2, -0.15) is 5.10 Å². The van der Waals surface area contributed by atoms with Gasteiger partial charge in [0.15, 0.2) is 0 Å². The first kappa shape index (κ1) is 16.7. The normalized spacial score (nSPS) is 13.2. The number of hydrogen-bond acceptors (Lipinski definition) is 2. The van der Waals surface area contributed by atoms with Crippen LogP contribution < -0.4 is 5.32 Å². The van der Waals surface area contributed by atoms with Crippen LogP contribution in [0.2, 0.25) is 0 Å². The van der Waals surface area contributed by atoms with Crippen LogP contribution in [-0.4, -0.2) is 22.4 Å². The quantitative estimate of drug-likeness (QED) is 0.786. The van der Waals surface area contributed by atoms with Crippen molar-refractivity contribution in [1.82, 2.24) is 15.1 Å². The molecule has 1 N–H and O–H groups in total. The summed E-state index contributed by atoms with van der Waals surface area (Å²) >= 11 is 3.72. The van der Waals surface area contributed by atoms with Crippen LogP contribution in [0.15, 0.2) is 4.47 Å². The van der Waals surface area contributed by atoms with Gasteiger partial charge in [0.1, 0.15) is 0 Å². The lowest BCUT2D eigenvalue weighted by atomic mass is 10.0. The third-order valence-electron chi connectivity index (χ3n) is 3.43. The van der Waals surface area contributed by atoms with Gasteiger partial charge in [0.25, 0.3) is 0 Å². The molecule has 1 unspecified atom stereocenters. The van der Waals surface area contributed by atoms with Gasteiger partial charge in [-0.05, 0) is 54.6 Å². The fourth-order valence-electron chi connectivity index (χ4n) is 2.26. The molecular formula is C15H28BrN3. The van der Waals surface area contributed by atoms with E-state index in [2.05, 4.69) is 65.6 Å². The van der Waals surface area contributed by atoms with Crippen LogP contribution >= 0.6 is 15.9 Å². The molecule has 0 spiro atoms. The second kappa shape index (κ2) is 8.05. The fraction of sp³-hybridized carbons (Fsp3) is 0.800. The lowest BCUT2D eigenvalue weighted by Crippen LogP contribution is -2.25. The van der Waals surface area contributed by atoms with Gasteiger partial charge in [0.2, 0.25) is 0 Å². The first-order chi connectivity index (χ1) is 8.99. The molecule has 4 heteroatoms. The molecular weight excluding hydrogens is 302 g/mol. The second-order valence-corrected chi connectivity index (χ2v) is 6.38. The van der Waals surface area contributed by atoms with Crippen LogP contribution in [0.25, 0.3) is 0 Å². The Morgan fingerprint density at radius 1 is 1.26 bits per heavy atom. The largest absolute Gasteiger partial charge is 0.315 e. The van der Waals surface area contributed by atoms with Gasteiger partial charge in [-0.25, -0.2) is 0 Å². The molecule has 1 aromatic rings. The van der Waals surface area contributed by atoms with Crippen molar-refractivity contribution < 1.29 is 0 Å². The summed E-state index contributed by atoms with van der Waals surface area (Å²) in [6, 6.07) is 0.576. The lowest BCUT2D eigenvalue weighted by molar-refractivity contribution is 0.460. The molecule has 3 nitrogen and oxygen atoms in total. The highest BCUT2D eigenvalue weighted by Gasteiger charge is 2.16. The predicted molar refractivity (Wildman–Crippen MR) is 85.6 cm³/mol. The summed E-state index contributed by atoms with van der Waals surface area (Å²) in [4.78, 5) is 0. The van der Waals surface area contributed by atoms with Gasteiger partial charge >= 0.3 is 0 Å². The SMILES string of the molecule is CCc1nn(CC)c(CC(C)CCNC(C)C)c1Br. The fourth-order valence-corrected chi connectivity index (χ4v) is 2.99. The Bertz CT molecular complexity index is 385. The van der Waals surface area contributed by atoms with Crippen LogP contribution in [0.4, 0.5) is 0 Å². The Morgan fingerprint density at radius 3 is 2.47 bits per heavy atom. The van der Waals surface area contributed by atoms with Crippen molar-refractivity contribution in [3.63, 3.8) is 0 Å². The van der Waals surface area contributed by atoms with Gasteiger partial charge in [-0.3, -0.25) is 4.68 Å². The highest BCUT2D eigenvalue weighted by molar-refractivity contribution is 9.10. The van der Waals surface area contributed by atoms with Crippen LogP contribution in [0.5, 0.6) is 0 Å². The summed E-state index contributed by atoms with van der Waals surface area (Å²) in [7, 11) is 0. The zero-order valence-electron chi connectivity index (χ0n) is 13.0. The molecule has 0 aromatic carbocycles. The number of halogens is 1. The number of nitrogens with zero attached hydrogens (tertiary/aromatic N) is 2. The lowest BCUT2D eigenvalue weighted by Gasteiger charge is -2.14. The van der Waals surface area contributed by atoms with Crippen molar-refractivity contribution in [2.75, 3.05) is 6.54 Å². The molecule has 0 bridgehead atoms. The Morgan fingerprint density at radius 2 is 1.95 bits per heavy atom. The zero-order chi connectivity index (χ0) is 14.4. The molecule has 1 rings (SSSR count). The van der Waals surface area contributed by atoms with E-state index in [0.29, 0.717) is 12.0 Å².